The van der Waals surface area contributed by atoms with E-state index in [-0.39, 0.29) is 24.6 Å². The van der Waals surface area contributed by atoms with Crippen molar-refractivity contribution in [3.63, 3.8) is 0 Å². The van der Waals surface area contributed by atoms with Crippen LogP contribution in [0.4, 0.5) is 5.69 Å². The van der Waals surface area contributed by atoms with Gasteiger partial charge in [0.05, 0.1) is 11.9 Å². The Labute approximate surface area is 274 Å². The zero-order chi connectivity index (χ0) is 32.4. The highest BCUT2D eigenvalue weighted by molar-refractivity contribution is 7.92. The van der Waals surface area contributed by atoms with Crippen molar-refractivity contribution < 1.29 is 22.7 Å². The number of amides is 2. The summed E-state index contributed by atoms with van der Waals surface area (Å²) in [5.41, 5.74) is 2.66. The van der Waals surface area contributed by atoms with Gasteiger partial charge in [0.1, 0.15) is 24.9 Å². The molecule has 0 aliphatic carbocycles. The summed E-state index contributed by atoms with van der Waals surface area (Å²) in [6.07, 6.45) is 1.24. The molecule has 0 fully saturated rings. The second-order valence-corrected chi connectivity index (χ2v) is 13.1. The van der Waals surface area contributed by atoms with Crippen molar-refractivity contribution >= 4 is 50.7 Å². The van der Waals surface area contributed by atoms with Crippen LogP contribution in [0.5, 0.6) is 5.75 Å². The highest BCUT2D eigenvalue weighted by Gasteiger charge is 2.33. The molecule has 0 heterocycles. The fourth-order valence-corrected chi connectivity index (χ4v) is 6.06. The number of halogens is 2. The molecule has 0 saturated heterocycles. The first-order valence-corrected chi connectivity index (χ1v) is 16.9. The molecule has 4 aromatic carbocycles. The maximum absolute atomic E-state index is 14.2. The van der Waals surface area contributed by atoms with Crippen molar-refractivity contribution in [1.82, 2.24) is 10.2 Å². The monoisotopic (exact) mass is 667 g/mol. The number of sulfonamides is 1. The Bertz CT molecular complexity index is 1690. The summed E-state index contributed by atoms with van der Waals surface area (Å²) in [4.78, 5) is 29.0. The van der Waals surface area contributed by atoms with Crippen molar-refractivity contribution in [3.05, 3.63) is 130 Å². The first kappa shape index (κ1) is 33.8. The van der Waals surface area contributed by atoms with E-state index in [1.54, 1.807) is 49.4 Å². The number of carbonyl (C=O) groups excluding carboxylic acids is 2. The Hall–Kier alpha value is -4.05. The van der Waals surface area contributed by atoms with Gasteiger partial charge in [-0.25, -0.2) is 8.42 Å². The van der Waals surface area contributed by atoms with E-state index in [1.807, 2.05) is 60.7 Å². The van der Waals surface area contributed by atoms with E-state index in [9.17, 15) is 18.0 Å². The normalized spacial score (nSPS) is 11.8. The van der Waals surface area contributed by atoms with E-state index >= 15 is 0 Å². The van der Waals surface area contributed by atoms with Gasteiger partial charge in [0.15, 0.2) is 0 Å². The molecule has 0 aliphatic heterocycles. The average molecular weight is 669 g/mol. The van der Waals surface area contributed by atoms with Crippen molar-refractivity contribution in [2.75, 3.05) is 23.7 Å². The van der Waals surface area contributed by atoms with Gasteiger partial charge in [-0.1, -0.05) is 89.9 Å². The van der Waals surface area contributed by atoms with Crippen LogP contribution >= 0.6 is 23.2 Å². The second-order valence-electron chi connectivity index (χ2n) is 10.4. The van der Waals surface area contributed by atoms with Gasteiger partial charge in [-0.2, -0.15) is 0 Å². The maximum Gasteiger partial charge on any atom is 0.244 e. The second kappa shape index (κ2) is 15.8. The van der Waals surface area contributed by atoms with Crippen molar-refractivity contribution in [2.24, 2.45) is 0 Å². The molecular formula is C34H35Cl2N3O5S. The molecule has 8 nitrogen and oxygen atoms in total. The zero-order valence-corrected chi connectivity index (χ0v) is 27.4. The molecule has 1 N–H and O–H groups in total. The number of ether oxygens (including phenoxy) is 1. The Morgan fingerprint density at radius 3 is 2.07 bits per heavy atom. The van der Waals surface area contributed by atoms with E-state index in [0.717, 1.165) is 21.7 Å². The molecule has 2 amide bonds. The van der Waals surface area contributed by atoms with Crippen LogP contribution in [0.3, 0.4) is 0 Å². The molecule has 0 spiro atoms. The van der Waals surface area contributed by atoms with E-state index in [2.05, 4.69) is 5.32 Å². The van der Waals surface area contributed by atoms with Gasteiger partial charge >= 0.3 is 0 Å². The predicted octanol–water partition coefficient (Wildman–Crippen LogP) is 6.11. The molecule has 11 heteroatoms. The first-order chi connectivity index (χ1) is 21.5. The lowest BCUT2D eigenvalue weighted by molar-refractivity contribution is -0.140. The molecular weight excluding hydrogens is 633 g/mol. The molecule has 236 valence electrons. The lowest BCUT2D eigenvalue weighted by Crippen LogP contribution is -2.53. The number of anilines is 1. The number of rotatable bonds is 14. The molecule has 0 bridgehead atoms. The lowest BCUT2D eigenvalue weighted by atomic mass is 10.0. The molecule has 0 aromatic heterocycles. The smallest absolute Gasteiger partial charge is 0.244 e. The number of nitrogens with one attached hydrogen (secondary N) is 1. The van der Waals surface area contributed by atoms with Crippen LogP contribution in [0.2, 0.25) is 10.0 Å². The van der Waals surface area contributed by atoms with Gasteiger partial charge in [0.2, 0.25) is 21.8 Å². The SMILES string of the molecule is CCNC(=O)[C@@H](Cc1ccccc1)N(Cc1ccc(Cl)cc1Cl)C(=O)CN(c1ccc(OCc2ccccc2)cc1)S(C)(=O)=O. The van der Waals surface area contributed by atoms with E-state index in [4.69, 9.17) is 27.9 Å². The fraction of sp³-hybridized carbons (Fsp3) is 0.235. The highest BCUT2D eigenvalue weighted by atomic mass is 35.5. The third-order valence-electron chi connectivity index (χ3n) is 7.03. The summed E-state index contributed by atoms with van der Waals surface area (Å²) >= 11 is 12.6. The molecule has 0 saturated carbocycles. The lowest BCUT2D eigenvalue weighted by Gasteiger charge is -2.33. The topological polar surface area (TPSA) is 96.0 Å². The molecule has 4 aromatic rings. The van der Waals surface area contributed by atoms with Gasteiger partial charge in [-0.15, -0.1) is 0 Å². The van der Waals surface area contributed by atoms with Crippen LogP contribution in [0.25, 0.3) is 0 Å². The fourth-order valence-electron chi connectivity index (χ4n) is 4.74. The van der Waals surface area contributed by atoms with Gasteiger partial charge < -0.3 is 15.0 Å². The molecule has 0 aliphatic rings. The molecule has 0 unspecified atom stereocenters. The summed E-state index contributed by atoms with van der Waals surface area (Å²) in [7, 11) is -3.92. The minimum atomic E-state index is -3.92. The Kier molecular flexibility index (Phi) is 11.9. The summed E-state index contributed by atoms with van der Waals surface area (Å²) in [6.45, 7) is 1.89. The quantitative estimate of drug-likeness (QED) is 0.175. The average Bonchev–Trinajstić information content (AvgIpc) is 3.02. The minimum Gasteiger partial charge on any atom is -0.489 e. The minimum absolute atomic E-state index is 0.0483. The van der Waals surface area contributed by atoms with E-state index in [0.29, 0.717) is 34.5 Å². The van der Waals surface area contributed by atoms with E-state index in [1.165, 1.54) is 4.90 Å². The summed E-state index contributed by atoms with van der Waals surface area (Å²) in [5.74, 6) is -0.408. The number of hydrogen-bond donors (Lipinski definition) is 1. The standard InChI is InChI=1S/C34H35Cl2N3O5S/c1-3-37-34(41)32(20-25-10-6-4-7-11-25)38(22-27-14-15-28(35)21-31(27)36)33(40)23-39(45(2,42)43)29-16-18-30(19-17-29)44-24-26-12-8-5-9-13-26/h4-19,21,32H,3,20,22-24H2,1-2H3,(H,37,41)/t32-/m1/s1. The van der Waals surface area contributed by atoms with Crippen molar-refractivity contribution in [2.45, 2.75) is 32.5 Å². The largest absolute Gasteiger partial charge is 0.489 e. The first-order valence-electron chi connectivity index (χ1n) is 14.3. The van der Waals surface area contributed by atoms with Crippen LogP contribution in [0.15, 0.2) is 103 Å². The van der Waals surface area contributed by atoms with Gasteiger partial charge in [-0.3, -0.25) is 13.9 Å². The van der Waals surface area contributed by atoms with Gasteiger partial charge in [0.25, 0.3) is 0 Å². The van der Waals surface area contributed by atoms with Crippen LogP contribution < -0.4 is 14.4 Å². The number of hydrogen-bond acceptors (Lipinski definition) is 5. The summed E-state index contributed by atoms with van der Waals surface area (Å²) in [5, 5.41) is 3.57. The molecule has 1 atom stereocenters. The highest BCUT2D eigenvalue weighted by Crippen LogP contribution is 2.26. The molecule has 45 heavy (non-hydrogen) atoms. The number of nitrogens with zero attached hydrogens (tertiary/aromatic N) is 2. The zero-order valence-electron chi connectivity index (χ0n) is 25.0. The third kappa shape index (κ3) is 9.72. The van der Waals surface area contributed by atoms with Gasteiger partial charge in [-0.05, 0) is 60.0 Å². The van der Waals surface area contributed by atoms with Crippen LogP contribution in [-0.4, -0.2) is 50.5 Å². The third-order valence-corrected chi connectivity index (χ3v) is 8.76. The molecule has 0 radical (unpaired) electrons. The summed E-state index contributed by atoms with van der Waals surface area (Å²) < 4.78 is 32.9. The Balaban J connectivity index is 1.65. The van der Waals surface area contributed by atoms with Gasteiger partial charge in [0, 0.05) is 29.6 Å². The van der Waals surface area contributed by atoms with Crippen LogP contribution in [0.1, 0.15) is 23.6 Å². The van der Waals surface area contributed by atoms with E-state index < -0.39 is 28.5 Å². The number of likely N-dealkylation sites (N-methyl/N-ethyl adjacent to an activating group) is 1. The maximum atomic E-state index is 14.2. The van der Waals surface area contributed by atoms with Crippen LogP contribution in [-0.2, 0) is 39.2 Å². The van der Waals surface area contributed by atoms with Crippen molar-refractivity contribution in [3.8, 4) is 5.75 Å². The predicted molar refractivity (Wildman–Crippen MR) is 179 cm³/mol. The van der Waals surface area contributed by atoms with Crippen LogP contribution in [0, 0.1) is 0 Å². The number of benzene rings is 4. The Morgan fingerprint density at radius 2 is 1.49 bits per heavy atom. The number of carbonyl (C=O) groups is 2. The Morgan fingerprint density at radius 1 is 0.867 bits per heavy atom. The molecule has 4 rings (SSSR count). The summed E-state index contributed by atoms with van der Waals surface area (Å²) in [6, 6.07) is 29.4. The van der Waals surface area contributed by atoms with Crippen molar-refractivity contribution in [1.29, 1.82) is 0 Å².